The molecule has 1 heterocycles. The molecule has 1 fully saturated rings. The van der Waals surface area contributed by atoms with E-state index in [0.717, 1.165) is 35.1 Å². The standard InChI is InChI=1S/C17H27NO3S/c1-4-5-11-18(3)12-7-6-8-17(18)16-13-15(22(19,20)21)10-9-14(16)2/h9-10,13,17H,4-8,11-12H2,1-3H3/p+1. The van der Waals surface area contributed by atoms with Crippen LogP contribution in [0.3, 0.4) is 0 Å². The predicted molar refractivity (Wildman–Crippen MR) is 88.4 cm³/mol. The second-order valence-corrected chi connectivity index (χ2v) is 8.21. The summed E-state index contributed by atoms with van der Waals surface area (Å²) >= 11 is 0. The van der Waals surface area contributed by atoms with Gasteiger partial charge in [0.2, 0.25) is 0 Å². The number of aryl methyl sites for hydroxylation is 1. The summed E-state index contributed by atoms with van der Waals surface area (Å²) in [6.45, 7) is 6.49. The fraction of sp³-hybridized carbons (Fsp3) is 0.647. The van der Waals surface area contributed by atoms with Gasteiger partial charge in [-0.1, -0.05) is 19.4 Å². The molecule has 0 bridgehead atoms. The van der Waals surface area contributed by atoms with Crippen molar-refractivity contribution in [3.05, 3.63) is 29.3 Å². The third kappa shape index (κ3) is 3.70. The van der Waals surface area contributed by atoms with Gasteiger partial charge in [0.15, 0.2) is 0 Å². The molecule has 124 valence electrons. The van der Waals surface area contributed by atoms with Gasteiger partial charge < -0.3 is 4.48 Å². The van der Waals surface area contributed by atoms with Gasteiger partial charge in [-0.3, -0.25) is 4.55 Å². The molecule has 2 rings (SSSR count). The molecule has 1 saturated heterocycles. The third-order valence-electron chi connectivity index (χ3n) is 5.08. The number of benzene rings is 1. The van der Waals surface area contributed by atoms with Gasteiger partial charge in [-0.05, 0) is 43.9 Å². The first-order chi connectivity index (χ1) is 10.3. The summed E-state index contributed by atoms with van der Waals surface area (Å²) in [6.07, 6.45) is 5.85. The Morgan fingerprint density at radius 2 is 2.05 bits per heavy atom. The number of piperidine rings is 1. The molecule has 1 aromatic carbocycles. The predicted octanol–water partition coefficient (Wildman–Crippen LogP) is 3.71. The number of quaternary nitrogens is 1. The zero-order chi connectivity index (χ0) is 16.4. The molecule has 0 spiro atoms. The van der Waals surface area contributed by atoms with Crippen molar-refractivity contribution in [1.29, 1.82) is 0 Å². The minimum absolute atomic E-state index is 0.0146. The van der Waals surface area contributed by atoms with Crippen LogP contribution in [0.4, 0.5) is 0 Å². The average molecular weight is 326 g/mol. The fourth-order valence-corrected chi connectivity index (χ4v) is 4.21. The quantitative estimate of drug-likeness (QED) is 0.663. The molecule has 1 aliphatic heterocycles. The Kier molecular flexibility index (Phi) is 5.30. The fourth-order valence-electron chi connectivity index (χ4n) is 3.69. The van der Waals surface area contributed by atoms with E-state index in [1.54, 1.807) is 6.07 Å². The summed E-state index contributed by atoms with van der Waals surface area (Å²) in [4.78, 5) is 0.0146. The first-order valence-corrected chi connectivity index (χ1v) is 9.64. The molecule has 0 aliphatic carbocycles. The highest BCUT2D eigenvalue weighted by molar-refractivity contribution is 7.85. The van der Waals surface area contributed by atoms with Gasteiger partial charge in [0, 0.05) is 12.0 Å². The van der Waals surface area contributed by atoms with Gasteiger partial charge in [0.25, 0.3) is 10.1 Å². The van der Waals surface area contributed by atoms with Gasteiger partial charge >= 0.3 is 0 Å². The third-order valence-corrected chi connectivity index (χ3v) is 5.93. The SMILES string of the molecule is CCCC[N+]1(C)CCCCC1c1cc(S(=O)(=O)O)ccc1C. The van der Waals surface area contributed by atoms with Crippen LogP contribution in [-0.2, 0) is 10.1 Å². The summed E-state index contributed by atoms with van der Waals surface area (Å²) in [7, 11) is -1.85. The maximum Gasteiger partial charge on any atom is 0.294 e. The zero-order valence-corrected chi connectivity index (χ0v) is 14.7. The number of likely N-dealkylation sites (tertiary alicyclic amines) is 1. The average Bonchev–Trinajstić information content (AvgIpc) is 2.45. The number of hydrogen-bond donors (Lipinski definition) is 1. The van der Waals surface area contributed by atoms with Crippen molar-refractivity contribution < 1.29 is 17.5 Å². The molecule has 1 aliphatic rings. The van der Waals surface area contributed by atoms with Gasteiger partial charge in [-0.2, -0.15) is 8.42 Å². The summed E-state index contributed by atoms with van der Waals surface area (Å²) in [5.41, 5.74) is 2.19. The molecule has 2 atom stereocenters. The molecule has 1 aromatic rings. The van der Waals surface area contributed by atoms with Crippen molar-refractivity contribution in [3.63, 3.8) is 0 Å². The lowest BCUT2D eigenvalue weighted by Gasteiger charge is -2.45. The van der Waals surface area contributed by atoms with Crippen LogP contribution in [-0.4, -0.2) is 37.6 Å². The molecule has 0 radical (unpaired) electrons. The topological polar surface area (TPSA) is 54.4 Å². The van der Waals surface area contributed by atoms with E-state index in [9.17, 15) is 13.0 Å². The number of rotatable bonds is 5. The van der Waals surface area contributed by atoms with Crippen molar-refractivity contribution in [3.8, 4) is 0 Å². The Morgan fingerprint density at radius 3 is 2.68 bits per heavy atom. The second-order valence-electron chi connectivity index (χ2n) is 6.79. The monoisotopic (exact) mass is 326 g/mol. The lowest BCUT2D eigenvalue weighted by Crippen LogP contribution is -2.50. The molecule has 4 nitrogen and oxygen atoms in total. The zero-order valence-electron chi connectivity index (χ0n) is 13.9. The maximum atomic E-state index is 11.5. The first kappa shape index (κ1) is 17.4. The molecule has 0 amide bonds. The Morgan fingerprint density at radius 1 is 1.32 bits per heavy atom. The van der Waals surface area contributed by atoms with E-state index in [-0.39, 0.29) is 4.90 Å². The molecule has 0 aromatic heterocycles. The largest absolute Gasteiger partial charge is 0.320 e. The minimum atomic E-state index is -4.14. The van der Waals surface area contributed by atoms with Crippen molar-refractivity contribution in [2.45, 2.75) is 56.9 Å². The molecule has 22 heavy (non-hydrogen) atoms. The van der Waals surface area contributed by atoms with Crippen molar-refractivity contribution >= 4 is 10.1 Å². The van der Waals surface area contributed by atoms with Crippen molar-refractivity contribution in [2.75, 3.05) is 20.1 Å². The minimum Gasteiger partial charge on any atom is -0.320 e. The van der Waals surface area contributed by atoms with E-state index in [0.29, 0.717) is 6.04 Å². The van der Waals surface area contributed by atoms with E-state index in [1.165, 1.54) is 31.7 Å². The second kappa shape index (κ2) is 6.69. The Hall–Kier alpha value is -0.910. The van der Waals surface area contributed by atoms with Crippen molar-refractivity contribution in [2.24, 2.45) is 0 Å². The van der Waals surface area contributed by atoms with Gasteiger partial charge in [0.05, 0.1) is 25.0 Å². The van der Waals surface area contributed by atoms with Crippen LogP contribution >= 0.6 is 0 Å². The van der Waals surface area contributed by atoms with Crippen LogP contribution in [0.2, 0.25) is 0 Å². The van der Waals surface area contributed by atoms with Gasteiger partial charge in [0.1, 0.15) is 6.04 Å². The lowest BCUT2D eigenvalue weighted by molar-refractivity contribution is -0.944. The van der Waals surface area contributed by atoms with Crippen LogP contribution in [0.1, 0.15) is 56.2 Å². The summed E-state index contributed by atoms with van der Waals surface area (Å²) < 4.78 is 33.2. The molecular weight excluding hydrogens is 298 g/mol. The van der Waals surface area contributed by atoms with E-state index in [1.807, 2.05) is 13.0 Å². The number of unbranched alkanes of at least 4 members (excludes halogenated alkanes) is 1. The molecule has 2 unspecified atom stereocenters. The van der Waals surface area contributed by atoms with E-state index >= 15 is 0 Å². The van der Waals surface area contributed by atoms with Crippen LogP contribution in [0.5, 0.6) is 0 Å². The highest BCUT2D eigenvalue weighted by Gasteiger charge is 2.37. The van der Waals surface area contributed by atoms with E-state index in [2.05, 4.69) is 14.0 Å². The summed E-state index contributed by atoms with van der Waals surface area (Å²) in [5, 5.41) is 0. The van der Waals surface area contributed by atoms with Crippen molar-refractivity contribution in [1.82, 2.24) is 0 Å². The lowest BCUT2D eigenvalue weighted by atomic mass is 9.90. The van der Waals surface area contributed by atoms with E-state index < -0.39 is 10.1 Å². The molecular formula is C17H28NO3S+. The Balaban J connectivity index is 2.43. The smallest absolute Gasteiger partial charge is 0.294 e. The molecule has 1 N–H and O–H groups in total. The van der Waals surface area contributed by atoms with Crippen LogP contribution < -0.4 is 0 Å². The first-order valence-electron chi connectivity index (χ1n) is 8.20. The highest BCUT2D eigenvalue weighted by Crippen LogP contribution is 2.38. The number of hydrogen-bond acceptors (Lipinski definition) is 2. The van der Waals surface area contributed by atoms with Gasteiger partial charge in [-0.25, -0.2) is 0 Å². The van der Waals surface area contributed by atoms with Gasteiger partial charge in [-0.15, -0.1) is 0 Å². The van der Waals surface area contributed by atoms with Crippen LogP contribution in [0, 0.1) is 6.92 Å². The Labute approximate surface area is 134 Å². The summed E-state index contributed by atoms with van der Waals surface area (Å²) in [6, 6.07) is 5.32. The normalized spacial score (nSPS) is 26.1. The molecule has 0 saturated carbocycles. The number of nitrogens with zero attached hydrogens (tertiary/aromatic N) is 1. The van der Waals surface area contributed by atoms with Crippen LogP contribution in [0.25, 0.3) is 0 Å². The van der Waals surface area contributed by atoms with Crippen LogP contribution in [0.15, 0.2) is 23.1 Å². The Bertz CT molecular complexity index is 627. The highest BCUT2D eigenvalue weighted by atomic mass is 32.2. The summed E-state index contributed by atoms with van der Waals surface area (Å²) in [5.74, 6) is 0. The maximum absolute atomic E-state index is 11.5. The van der Waals surface area contributed by atoms with E-state index in [4.69, 9.17) is 0 Å². The molecule has 5 heteroatoms.